The fraction of sp³-hybridized carbons (Fsp3) is 1.00. The lowest BCUT2D eigenvalue weighted by atomic mass is 9.96. The summed E-state index contributed by atoms with van der Waals surface area (Å²) in [5.41, 5.74) is -1.58. The number of rotatable bonds is 4. The Morgan fingerprint density at radius 1 is 1.39 bits per heavy atom. The first-order valence-electron chi connectivity index (χ1n) is 5.83. The normalized spacial score (nSPS) is 30.8. The van der Waals surface area contributed by atoms with Crippen molar-refractivity contribution in [3.05, 3.63) is 0 Å². The molecule has 108 valence electrons. The maximum atomic E-state index is 13.4. The van der Waals surface area contributed by atoms with E-state index in [0.717, 1.165) is 6.92 Å². The number of alkyl halides is 4. The van der Waals surface area contributed by atoms with Crippen LogP contribution in [0.1, 0.15) is 39.0 Å². The van der Waals surface area contributed by atoms with Gasteiger partial charge in [0.05, 0.1) is 18.2 Å². The molecule has 0 heterocycles. The molecule has 0 aromatic heterocycles. The molecular formula is C10H17F4O3P. The van der Waals surface area contributed by atoms with Gasteiger partial charge in [-0.3, -0.25) is 4.57 Å². The number of halogens is 4. The highest BCUT2D eigenvalue weighted by Crippen LogP contribution is 2.53. The molecular weight excluding hydrogens is 275 g/mol. The van der Waals surface area contributed by atoms with E-state index < -0.39 is 38.1 Å². The van der Waals surface area contributed by atoms with Gasteiger partial charge in [0.25, 0.3) is 0 Å². The zero-order valence-electron chi connectivity index (χ0n) is 9.99. The van der Waals surface area contributed by atoms with Crippen LogP contribution in [0.4, 0.5) is 17.6 Å². The van der Waals surface area contributed by atoms with Crippen molar-refractivity contribution in [1.82, 2.24) is 0 Å². The zero-order valence-corrected chi connectivity index (χ0v) is 10.9. The standard InChI is InChI=1S/C10H17F4O3P/c1-7(6-10(12,13)14)18(15,16)17-9-5-3-2-4-8(9)11/h7-9H,2-6H2,1H3,(H,15,16). The maximum Gasteiger partial charge on any atom is 0.390 e. The van der Waals surface area contributed by atoms with E-state index in [1.165, 1.54) is 0 Å². The van der Waals surface area contributed by atoms with Gasteiger partial charge in [0, 0.05) is 0 Å². The molecule has 0 saturated heterocycles. The van der Waals surface area contributed by atoms with E-state index in [-0.39, 0.29) is 12.8 Å². The van der Waals surface area contributed by atoms with E-state index in [1.54, 1.807) is 0 Å². The summed E-state index contributed by atoms with van der Waals surface area (Å²) in [7, 11) is -4.45. The van der Waals surface area contributed by atoms with Crippen molar-refractivity contribution in [3.63, 3.8) is 0 Å². The summed E-state index contributed by atoms with van der Waals surface area (Å²) in [6.45, 7) is 0.990. The van der Waals surface area contributed by atoms with Gasteiger partial charge in [-0.05, 0) is 12.8 Å². The van der Waals surface area contributed by atoms with E-state index in [9.17, 15) is 27.0 Å². The van der Waals surface area contributed by atoms with E-state index in [4.69, 9.17) is 4.52 Å². The topological polar surface area (TPSA) is 46.5 Å². The molecule has 3 nitrogen and oxygen atoms in total. The van der Waals surface area contributed by atoms with Crippen LogP contribution in [-0.2, 0) is 9.09 Å². The third kappa shape index (κ3) is 4.86. The average Bonchev–Trinajstić information content (AvgIpc) is 2.18. The van der Waals surface area contributed by atoms with Crippen LogP contribution >= 0.6 is 7.60 Å². The number of hydrogen-bond donors (Lipinski definition) is 1. The van der Waals surface area contributed by atoms with Crippen LogP contribution < -0.4 is 0 Å². The van der Waals surface area contributed by atoms with Gasteiger partial charge in [-0.15, -0.1) is 0 Å². The maximum absolute atomic E-state index is 13.4. The second-order valence-corrected chi connectivity index (χ2v) is 6.90. The van der Waals surface area contributed by atoms with Gasteiger partial charge in [0.15, 0.2) is 0 Å². The minimum atomic E-state index is -4.54. The van der Waals surface area contributed by atoms with E-state index >= 15 is 0 Å². The molecule has 4 atom stereocenters. The van der Waals surface area contributed by atoms with Crippen molar-refractivity contribution in [2.75, 3.05) is 0 Å². The Bertz CT molecular complexity index is 321. The third-order valence-corrected chi connectivity index (χ3v) is 4.86. The Kier molecular flexibility index (Phi) is 5.21. The Labute approximate surface area is 103 Å². The second kappa shape index (κ2) is 5.88. The van der Waals surface area contributed by atoms with Crippen molar-refractivity contribution in [1.29, 1.82) is 0 Å². The van der Waals surface area contributed by atoms with Crippen LogP contribution in [0, 0.1) is 0 Å². The molecule has 1 saturated carbocycles. The first kappa shape index (κ1) is 15.9. The SMILES string of the molecule is CC(CC(F)(F)F)P(=O)(O)OC1CCCCC1F. The summed E-state index contributed by atoms with van der Waals surface area (Å²) in [6, 6.07) is 0. The Morgan fingerprint density at radius 3 is 2.44 bits per heavy atom. The Hall–Kier alpha value is -0.130. The van der Waals surface area contributed by atoms with Crippen LogP contribution in [0.25, 0.3) is 0 Å². The first-order valence-corrected chi connectivity index (χ1v) is 7.48. The van der Waals surface area contributed by atoms with E-state index in [1.807, 2.05) is 0 Å². The van der Waals surface area contributed by atoms with E-state index in [0.29, 0.717) is 12.8 Å². The number of hydrogen-bond acceptors (Lipinski definition) is 2. The van der Waals surface area contributed by atoms with E-state index in [2.05, 4.69) is 0 Å². The second-order valence-electron chi connectivity index (χ2n) is 4.68. The summed E-state index contributed by atoms with van der Waals surface area (Å²) in [5.74, 6) is 0. The molecule has 1 fully saturated rings. The molecule has 0 radical (unpaired) electrons. The predicted molar refractivity (Wildman–Crippen MR) is 58.2 cm³/mol. The molecule has 4 unspecified atom stereocenters. The molecule has 0 bridgehead atoms. The molecule has 1 aliphatic carbocycles. The Morgan fingerprint density at radius 2 is 1.94 bits per heavy atom. The Balaban J connectivity index is 2.60. The van der Waals surface area contributed by atoms with Crippen molar-refractivity contribution in [2.45, 2.75) is 63.1 Å². The van der Waals surface area contributed by atoms with Crippen LogP contribution in [0.3, 0.4) is 0 Å². The van der Waals surface area contributed by atoms with Gasteiger partial charge < -0.3 is 9.42 Å². The van der Waals surface area contributed by atoms with Crippen LogP contribution in [0.2, 0.25) is 0 Å². The fourth-order valence-corrected chi connectivity index (χ4v) is 3.19. The van der Waals surface area contributed by atoms with Gasteiger partial charge in [0.2, 0.25) is 0 Å². The van der Waals surface area contributed by atoms with Crippen molar-refractivity contribution in [3.8, 4) is 0 Å². The fourth-order valence-electron chi connectivity index (χ4n) is 1.92. The van der Waals surface area contributed by atoms with Gasteiger partial charge in [0.1, 0.15) is 6.17 Å². The van der Waals surface area contributed by atoms with Crippen LogP contribution in [0.5, 0.6) is 0 Å². The highest BCUT2D eigenvalue weighted by atomic mass is 31.2. The molecule has 0 aromatic carbocycles. The highest BCUT2D eigenvalue weighted by Gasteiger charge is 2.42. The van der Waals surface area contributed by atoms with Crippen LogP contribution in [0.15, 0.2) is 0 Å². The third-order valence-electron chi connectivity index (χ3n) is 2.99. The van der Waals surface area contributed by atoms with Gasteiger partial charge >= 0.3 is 13.8 Å². The smallest absolute Gasteiger partial charge is 0.324 e. The molecule has 18 heavy (non-hydrogen) atoms. The molecule has 1 aliphatic rings. The van der Waals surface area contributed by atoms with Crippen molar-refractivity contribution >= 4 is 7.60 Å². The summed E-state index contributed by atoms with van der Waals surface area (Å²) < 4.78 is 66.2. The minimum Gasteiger partial charge on any atom is -0.324 e. The summed E-state index contributed by atoms with van der Waals surface area (Å²) in [5, 5.41) is 0. The predicted octanol–water partition coefficient (Wildman–Crippen LogP) is 3.81. The molecule has 8 heteroatoms. The molecule has 1 rings (SSSR count). The molecule has 0 aromatic rings. The van der Waals surface area contributed by atoms with Crippen molar-refractivity contribution in [2.24, 2.45) is 0 Å². The monoisotopic (exact) mass is 292 g/mol. The lowest BCUT2D eigenvalue weighted by Gasteiger charge is -2.30. The summed E-state index contributed by atoms with van der Waals surface area (Å²) >= 11 is 0. The summed E-state index contributed by atoms with van der Waals surface area (Å²) in [4.78, 5) is 9.48. The highest BCUT2D eigenvalue weighted by molar-refractivity contribution is 7.53. The van der Waals surface area contributed by atoms with Crippen molar-refractivity contribution < 1.29 is 31.5 Å². The largest absolute Gasteiger partial charge is 0.390 e. The average molecular weight is 292 g/mol. The lowest BCUT2D eigenvalue weighted by Crippen LogP contribution is -2.30. The van der Waals surface area contributed by atoms with Gasteiger partial charge in [-0.1, -0.05) is 19.8 Å². The molecule has 1 N–H and O–H groups in total. The van der Waals surface area contributed by atoms with Gasteiger partial charge in [-0.25, -0.2) is 4.39 Å². The van der Waals surface area contributed by atoms with Gasteiger partial charge in [-0.2, -0.15) is 13.2 Å². The quantitative estimate of drug-likeness (QED) is 0.633. The molecule has 0 spiro atoms. The lowest BCUT2D eigenvalue weighted by molar-refractivity contribution is -0.135. The molecule has 0 aliphatic heterocycles. The summed E-state index contributed by atoms with van der Waals surface area (Å²) in [6.07, 6.45) is -6.59. The zero-order chi connectivity index (χ0) is 14.0. The first-order chi connectivity index (χ1) is 8.12. The van der Waals surface area contributed by atoms with Crippen LogP contribution in [-0.4, -0.2) is 29.0 Å². The minimum absolute atomic E-state index is 0.221. The molecule has 0 amide bonds.